The Bertz CT molecular complexity index is 307. The fraction of sp³-hybridized carbons (Fsp3) is 0.962. The van der Waals surface area contributed by atoms with Crippen LogP contribution in [-0.2, 0) is 4.79 Å². The molecule has 0 saturated heterocycles. The summed E-state index contributed by atoms with van der Waals surface area (Å²) in [4.78, 5) is 10.4. The number of carboxylic acids is 1. The van der Waals surface area contributed by atoms with Crippen LogP contribution in [0.25, 0.3) is 0 Å². The van der Waals surface area contributed by atoms with Crippen LogP contribution in [0, 0.1) is 0 Å². The van der Waals surface area contributed by atoms with Crippen molar-refractivity contribution in [2.45, 2.75) is 161 Å². The van der Waals surface area contributed by atoms with Crippen molar-refractivity contribution < 1.29 is 9.90 Å². The van der Waals surface area contributed by atoms with E-state index in [2.05, 4.69) is 6.92 Å². The molecule has 1 N–H and O–H groups in total. The topological polar surface area (TPSA) is 37.3 Å². The van der Waals surface area contributed by atoms with Gasteiger partial charge in [-0.15, -0.1) is 0 Å². The Labute approximate surface area is 203 Å². The van der Waals surface area contributed by atoms with Gasteiger partial charge in [0.15, 0.2) is 0 Å². The van der Waals surface area contributed by atoms with Gasteiger partial charge in [-0.25, -0.2) is 0 Å². The van der Waals surface area contributed by atoms with Crippen LogP contribution in [-0.4, -0.2) is 38.4 Å². The van der Waals surface area contributed by atoms with E-state index < -0.39 is 5.97 Å². The Morgan fingerprint density at radius 2 is 0.655 bits per heavy atom. The van der Waals surface area contributed by atoms with Gasteiger partial charge in [0.2, 0.25) is 0 Å². The van der Waals surface area contributed by atoms with Crippen LogP contribution in [0.2, 0.25) is 0 Å². The molecule has 0 spiro atoms. The molecule has 174 valence electrons. The molecule has 0 aromatic carbocycles. The van der Waals surface area contributed by atoms with E-state index >= 15 is 0 Å². The van der Waals surface area contributed by atoms with E-state index in [9.17, 15) is 4.79 Å². The molecule has 0 saturated carbocycles. The fourth-order valence-corrected chi connectivity index (χ4v) is 4.06. The third kappa shape index (κ3) is 30.7. The first-order valence-corrected chi connectivity index (χ1v) is 13.0. The molecule has 29 heavy (non-hydrogen) atoms. The van der Waals surface area contributed by atoms with Crippen LogP contribution >= 0.6 is 0 Å². The molecular weight excluding hydrogens is 551 g/mol. The molecule has 0 amide bonds. The van der Waals surface area contributed by atoms with Crippen molar-refractivity contribution in [2.75, 3.05) is 0 Å². The summed E-state index contributed by atoms with van der Waals surface area (Å²) in [6, 6.07) is 0. The average Bonchev–Trinajstić information content (AvgIpc) is 2.68. The first kappa shape index (κ1) is 31.6. The molecular formula is C26H54O2Pb. The van der Waals surface area contributed by atoms with Gasteiger partial charge in [-0.2, -0.15) is 0 Å². The second-order valence-corrected chi connectivity index (χ2v) is 8.92. The summed E-state index contributed by atoms with van der Waals surface area (Å²) in [7, 11) is 0. The maximum absolute atomic E-state index is 10.4. The molecule has 0 aliphatic carbocycles. The zero-order chi connectivity index (χ0) is 20.5. The normalized spacial score (nSPS) is 10.8. The molecule has 0 fully saturated rings. The molecule has 2 nitrogen and oxygen atoms in total. The Kier molecular flexibility index (Phi) is 30.9. The van der Waals surface area contributed by atoms with Gasteiger partial charge in [-0.05, 0) is 6.42 Å². The zero-order valence-corrected chi connectivity index (χ0v) is 25.5. The summed E-state index contributed by atoms with van der Waals surface area (Å²) in [5.41, 5.74) is 0. The minimum atomic E-state index is -0.650. The molecule has 0 rings (SSSR count). The standard InChI is InChI=1S/C26H52O2.Pb.2H/c1-2-3-4-5-6-7-8-9-10-11-12-13-14-15-16-17-18-19-20-21-22-23-24-25-26(27)28;;;/h2-25H2,1H3,(H,27,28);;;. The fourth-order valence-electron chi connectivity index (χ4n) is 4.06. The van der Waals surface area contributed by atoms with Crippen LogP contribution in [0.3, 0.4) is 0 Å². The molecule has 2 radical (unpaired) electrons. The quantitative estimate of drug-likeness (QED) is 0.0884. The van der Waals surface area contributed by atoms with E-state index in [-0.39, 0.29) is 27.3 Å². The minimum absolute atomic E-state index is 0. The summed E-state index contributed by atoms with van der Waals surface area (Å²) < 4.78 is 0. The van der Waals surface area contributed by atoms with Gasteiger partial charge in [-0.3, -0.25) is 4.79 Å². The number of hydrogen-bond donors (Lipinski definition) is 1. The van der Waals surface area contributed by atoms with Crippen molar-refractivity contribution in [1.29, 1.82) is 0 Å². The van der Waals surface area contributed by atoms with E-state index in [0.717, 1.165) is 12.8 Å². The zero-order valence-electron chi connectivity index (χ0n) is 20.0. The monoisotopic (exact) mass is 606 g/mol. The second kappa shape index (κ2) is 28.4. The molecule has 0 aliphatic rings. The van der Waals surface area contributed by atoms with E-state index in [4.69, 9.17) is 5.11 Å². The summed E-state index contributed by atoms with van der Waals surface area (Å²) in [6.07, 6.45) is 32.0. The van der Waals surface area contributed by atoms with Gasteiger partial charge >= 0.3 is 33.3 Å². The summed E-state index contributed by atoms with van der Waals surface area (Å²) in [5, 5.41) is 8.59. The number of unbranched alkanes of at least 4 members (excludes halogenated alkanes) is 22. The van der Waals surface area contributed by atoms with Crippen LogP contribution in [0.15, 0.2) is 0 Å². The maximum atomic E-state index is 10.4. The van der Waals surface area contributed by atoms with Gasteiger partial charge in [0.1, 0.15) is 0 Å². The van der Waals surface area contributed by atoms with Crippen molar-refractivity contribution in [1.82, 2.24) is 0 Å². The van der Waals surface area contributed by atoms with Gasteiger partial charge < -0.3 is 5.11 Å². The average molecular weight is 606 g/mol. The second-order valence-electron chi connectivity index (χ2n) is 8.92. The van der Waals surface area contributed by atoms with Gasteiger partial charge in [0, 0.05) is 6.42 Å². The number of carboxylic acid groups (broad SMARTS) is 1. The van der Waals surface area contributed by atoms with Crippen molar-refractivity contribution in [2.24, 2.45) is 0 Å². The van der Waals surface area contributed by atoms with Gasteiger partial charge in [-0.1, -0.05) is 148 Å². The molecule has 0 aliphatic heterocycles. The van der Waals surface area contributed by atoms with Crippen molar-refractivity contribution in [3.8, 4) is 0 Å². The number of aliphatic carboxylic acids is 1. The van der Waals surface area contributed by atoms with Crippen LogP contribution in [0.5, 0.6) is 0 Å². The van der Waals surface area contributed by atoms with Crippen LogP contribution in [0.1, 0.15) is 161 Å². The van der Waals surface area contributed by atoms with E-state index in [1.54, 1.807) is 0 Å². The SMILES string of the molecule is CCCCCCCCCCCCCCCCCCCCCCCCCC(=O)O.[PbH2]. The molecule has 0 aromatic heterocycles. The predicted octanol–water partition coefficient (Wildman–Crippen LogP) is 8.54. The Balaban J connectivity index is 0. The number of hydrogen-bond acceptors (Lipinski definition) is 1. The molecule has 3 heteroatoms. The molecule has 0 bridgehead atoms. The van der Waals surface area contributed by atoms with Gasteiger partial charge in [0.25, 0.3) is 0 Å². The Morgan fingerprint density at radius 3 is 0.862 bits per heavy atom. The third-order valence-electron chi connectivity index (χ3n) is 5.99. The first-order valence-electron chi connectivity index (χ1n) is 13.0. The van der Waals surface area contributed by atoms with E-state index in [0.29, 0.717) is 6.42 Å². The molecule has 0 unspecified atom stereocenters. The molecule has 0 atom stereocenters. The van der Waals surface area contributed by atoms with Crippen molar-refractivity contribution in [3.05, 3.63) is 0 Å². The number of carbonyl (C=O) groups is 1. The van der Waals surface area contributed by atoms with E-state index in [1.165, 1.54) is 135 Å². The molecule has 0 heterocycles. The predicted molar refractivity (Wildman–Crippen MR) is 133 cm³/mol. The Hall–Kier alpha value is 0.392. The van der Waals surface area contributed by atoms with Crippen molar-refractivity contribution in [3.63, 3.8) is 0 Å². The number of rotatable bonds is 24. The third-order valence-corrected chi connectivity index (χ3v) is 5.99. The van der Waals surface area contributed by atoms with Gasteiger partial charge in [0.05, 0.1) is 0 Å². The molecule has 0 aromatic rings. The summed E-state index contributed by atoms with van der Waals surface area (Å²) in [6.45, 7) is 2.29. The van der Waals surface area contributed by atoms with Crippen molar-refractivity contribution >= 4 is 33.3 Å². The van der Waals surface area contributed by atoms with E-state index in [1.807, 2.05) is 0 Å². The Morgan fingerprint density at radius 1 is 0.448 bits per heavy atom. The summed E-state index contributed by atoms with van der Waals surface area (Å²) in [5.74, 6) is -0.650. The van der Waals surface area contributed by atoms with Crippen LogP contribution < -0.4 is 0 Å². The first-order chi connectivity index (χ1) is 13.8. The summed E-state index contributed by atoms with van der Waals surface area (Å²) >= 11 is 0. The van der Waals surface area contributed by atoms with Crippen LogP contribution in [0.4, 0.5) is 0 Å².